The first kappa shape index (κ1) is 19.4. The molecule has 0 bridgehead atoms. The van der Waals surface area contributed by atoms with E-state index in [2.05, 4.69) is 0 Å². The summed E-state index contributed by atoms with van der Waals surface area (Å²) in [7, 11) is 0. The van der Waals surface area contributed by atoms with Gasteiger partial charge < -0.3 is 9.47 Å². The molecule has 2 rings (SSSR count). The van der Waals surface area contributed by atoms with Crippen LogP contribution in [0, 0.1) is 17.2 Å². The lowest BCUT2D eigenvalue weighted by atomic mass is 10.0. The highest BCUT2D eigenvalue weighted by molar-refractivity contribution is 6.35. The van der Waals surface area contributed by atoms with Gasteiger partial charge in [0.15, 0.2) is 11.9 Å². The molecule has 7 heteroatoms. The quantitative estimate of drug-likeness (QED) is 0.604. The van der Waals surface area contributed by atoms with E-state index in [0.29, 0.717) is 26.6 Å². The van der Waals surface area contributed by atoms with Gasteiger partial charge in [-0.2, -0.15) is 5.26 Å². The molecular formula is C18H14Cl3NO3. The number of benzene rings is 2. The second-order valence-corrected chi connectivity index (χ2v) is 6.53. The van der Waals surface area contributed by atoms with Gasteiger partial charge in [-0.3, -0.25) is 4.79 Å². The molecule has 0 saturated carbocycles. The van der Waals surface area contributed by atoms with Crippen LogP contribution in [0.3, 0.4) is 0 Å². The molecule has 0 aliphatic rings. The van der Waals surface area contributed by atoms with Crippen molar-refractivity contribution in [3.05, 3.63) is 51.5 Å². The van der Waals surface area contributed by atoms with E-state index >= 15 is 0 Å². The van der Waals surface area contributed by atoms with E-state index in [4.69, 9.17) is 49.5 Å². The van der Waals surface area contributed by atoms with Gasteiger partial charge in [0.25, 0.3) is 0 Å². The minimum absolute atomic E-state index is 0.273. The Morgan fingerprint density at radius 2 is 1.76 bits per heavy atom. The molecule has 0 aliphatic heterocycles. The van der Waals surface area contributed by atoms with Crippen LogP contribution in [0.4, 0.5) is 0 Å². The molecule has 2 unspecified atom stereocenters. The predicted octanol–water partition coefficient (Wildman–Crippen LogP) is 5.94. The molecule has 2 aromatic carbocycles. The summed E-state index contributed by atoms with van der Waals surface area (Å²) in [4.78, 5) is 12.0. The lowest BCUT2D eigenvalue weighted by Crippen LogP contribution is -2.28. The molecule has 0 aliphatic carbocycles. The van der Waals surface area contributed by atoms with Crippen LogP contribution in [0.15, 0.2) is 36.4 Å². The maximum absolute atomic E-state index is 12.0. The van der Waals surface area contributed by atoms with Gasteiger partial charge in [0, 0.05) is 11.1 Å². The fourth-order valence-electron chi connectivity index (χ4n) is 1.99. The Morgan fingerprint density at radius 1 is 1.04 bits per heavy atom. The predicted molar refractivity (Wildman–Crippen MR) is 97.9 cm³/mol. The number of ketones is 1. The summed E-state index contributed by atoms with van der Waals surface area (Å²) in [6.07, 6.45) is -0.818. The number of halogens is 3. The standard InChI is InChI=1S/C18H14Cl3NO3/c1-10(9-22)18(23)11(2)24-17-8-13(4-5-14(17)20)25-16-6-3-12(19)7-15(16)21/h3-8,10-11H,1-2H3. The van der Waals surface area contributed by atoms with E-state index in [1.807, 2.05) is 6.07 Å². The van der Waals surface area contributed by atoms with Crippen molar-refractivity contribution >= 4 is 40.6 Å². The third kappa shape index (κ3) is 5.02. The van der Waals surface area contributed by atoms with Crippen LogP contribution in [0.1, 0.15) is 13.8 Å². The Bertz CT molecular complexity index is 833. The minimum Gasteiger partial charge on any atom is -0.481 e. The SMILES string of the molecule is CC(C#N)C(=O)C(C)Oc1cc(Oc2ccc(Cl)cc2Cl)ccc1Cl. The van der Waals surface area contributed by atoms with Crippen molar-refractivity contribution in [2.45, 2.75) is 20.0 Å². The normalized spacial score (nSPS) is 12.8. The molecule has 25 heavy (non-hydrogen) atoms. The summed E-state index contributed by atoms with van der Waals surface area (Å²) in [5, 5.41) is 10.0. The van der Waals surface area contributed by atoms with E-state index < -0.39 is 12.0 Å². The number of carbonyl (C=O) groups excluding carboxylic acids is 1. The molecular weight excluding hydrogens is 385 g/mol. The number of Topliss-reactive ketones (excluding diaryl/α,β-unsaturated/α-hetero) is 1. The summed E-state index contributed by atoms with van der Waals surface area (Å²) in [6.45, 7) is 3.09. The molecule has 0 N–H and O–H groups in total. The lowest BCUT2D eigenvalue weighted by molar-refractivity contribution is -0.127. The maximum atomic E-state index is 12.0. The molecule has 0 radical (unpaired) electrons. The van der Waals surface area contributed by atoms with Crippen molar-refractivity contribution in [3.8, 4) is 23.3 Å². The van der Waals surface area contributed by atoms with Crippen LogP contribution in [-0.4, -0.2) is 11.9 Å². The molecule has 2 atom stereocenters. The molecule has 130 valence electrons. The Labute approximate surface area is 160 Å². The van der Waals surface area contributed by atoms with Crippen molar-refractivity contribution < 1.29 is 14.3 Å². The average molecular weight is 399 g/mol. The van der Waals surface area contributed by atoms with Gasteiger partial charge in [-0.15, -0.1) is 0 Å². The average Bonchev–Trinajstić information content (AvgIpc) is 2.58. The number of carbonyl (C=O) groups is 1. The van der Waals surface area contributed by atoms with E-state index in [0.717, 1.165) is 0 Å². The van der Waals surface area contributed by atoms with Crippen LogP contribution in [0.2, 0.25) is 15.1 Å². The van der Waals surface area contributed by atoms with Crippen molar-refractivity contribution in [3.63, 3.8) is 0 Å². The first-order valence-electron chi connectivity index (χ1n) is 7.34. The van der Waals surface area contributed by atoms with Crippen LogP contribution >= 0.6 is 34.8 Å². The fourth-order valence-corrected chi connectivity index (χ4v) is 2.60. The number of nitrogens with zero attached hydrogens (tertiary/aromatic N) is 1. The minimum atomic E-state index is -0.818. The molecule has 0 spiro atoms. The smallest absolute Gasteiger partial charge is 0.189 e. The zero-order valence-corrected chi connectivity index (χ0v) is 15.7. The lowest BCUT2D eigenvalue weighted by Gasteiger charge is -2.16. The number of ether oxygens (including phenoxy) is 2. The largest absolute Gasteiger partial charge is 0.481 e. The van der Waals surface area contributed by atoms with Gasteiger partial charge in [0.1, 0.15) is 23.2 Å². The second-order valence-electron chi connectivity index (χ2n) is 5.28. The monoisotopic (exact) mass is 397 g/mol. The summed E-state index contributed by atoms with van der Waals surface area (Å²) in [6, 6.07) is 11.5. The van der Waals surface area contributed by atoms with Crippen molar-refractivity contribution in [2.24, 2.45) is 5.92 Å². The first-order valence-corrected chi connectivity index (χ1v) is 8.47. The highest BCUT2D eigenvalue weighted by Gasteiger charge is 2.22. The Balaban J connectivity index is 2.20. The number of hydrogen-bond acceptors (Lipinski definition) is 4. The summed E-state index contributed by atoms with van der Waals surface area (Å²) in [5.74, 6) is 0.0279. The van der Waals surface area contributed by atoms with E-state index in [-0.39, 0.29) is 11.5 Å². The van der Waals surface area contributed by atoms with Crippen LogP contribution in [0.25, 0.3) is 0 Å². The van der Waals surface area contributed by atoms with Crippen molar-refractivity contribution in [1.82, 2.24) is 0 Å². The van der Waals surface area contributed by atoms with Gasteiger partial charge in [0.05, 0.1) is 16.1 Å². The van der Waals surface area contributed by atoms with Gasteiger partial charge in [-0.1, -0.05) is 34.8 Å². The summed E-state index contributed by atoms with van der Waals surface area (Å²) < 4.78 is 11.3. The molecule has 0 fully saturated rings. The van der Waals surface area contributed by atoms with Crippen molar-refractivity contribution in [1.29, 1.82) is 5.26 Å². The number of nitriles is 1. The zero-order chi connectivity index (χ0) is 18.6. The zero-order valence-electron chi connectivity index (χ0n) is 13.4. The van der Waals surface area contributed by atoms with Crippen LogP contribution in [-0.2, 0) is 4.79 Å². The van der Waals surface area contributed by atoms with Crippen LogP contribution < -0.4 is 9.47 Å². The molecule has 0 saturated heterocycles. The fraction of sp³-hybridized carbons (Fsp3) is 0.222. The molecule has 2 aromatic rings. The van der Waals surface area contributed by atoms with Gasteiger partial charge in [-0.05, 0) is 44.2 Å². The van der Waals surface area contributed by atoms with E-state index in [1.165, 1.54) is 6.92 Å². The third-order valence-corrected chi connectivity index (χ3v) is 4.19. The van der Waals surface area contributed by atoms with Crippen LogP contribution in [0.5, 0.6) is 17.2 Å². The molecule has 0 amide bonds. The molecule has 0 heterocycles. The first-order chi connectivity index (χ1) is 11.8. The highest BCUT2D eigenvalue weighted by atomic mass is 35.5. The van der Waals surface area contributed by atoms with Crippen molar-refractivity contribution in [2.75, 3.05) is 0 Å². The Kier molecular flexibility index (Phi) is 6.55. The highest BCUT2D eigenvalue weighted by Crippen LogP contribution is 2.35. The Morgan fingerprint density at radius 3 is 2.40 bits per heavy atom. The number of hydrogen-bond donors (Lipinski definition) is 0. The summed E-state index contributed by atoms with van der Waals surface area (Å²) >= 11 is 18.1. The van der Waals surface area contributed by atoms with Gasteiger partial charge >= 0.3 is 0 Å². The van der Waals surface area contributed by atoms with E-state index in [1.54, 1.807) is 43.3 Å². The van der Waals surface area contributed by atoms with Gasteiger partial charge in [0.2, 0.25) is 0 Å². The second kappa shape index (κ2) is 8.44. The van der Waals surface area contributed by atoms with Gasteiger partial charge in [-0.25, -0.2) is 0 Å². The maximum Gasteiger partial charge on any atom is 0.189 e. The molecule has 4 nitrogen and oxygen atoms in total. The third-order valence-electron chi connectivity index (χ3n) is 3.35. The topological polar surface area (TPSA) is 59.3 Å². The number of rotatable bonds is 6. The van der Waals surface area contributed by atoms with E-state index in [9.17, 15) is 4.79 Å². The Hall–Kier alpha value is -1.93. The molecule has 0 aromatic heterocycles. The summed E-state index contributed by atoms with van der Waals surface area (Å²) in [5.41, 5.74) is 0.